The van der Waals surface area contributed by atoms with Crippen molar-refractivity contribution in [3.05, 3.63) is 17.2 Å². The van der Waals surface area contributed by atoms with E-state index >= 15 is 0 Å². The topological polar surface area (TPSA) is 66.6 Å². The average molecular weight is 227 g/mol. The number of nitrogen functional groups attached to an aromatic ring is 1. The third-order valence-electron chi connectivity index (χ3n) is 2.45. The summed E-state index contributed by atoms with van der Waals surface area (Å²) in [5, 5.41) is 10.1. The first-order valence-electron chi connectivity index (χ1n) is 4.68. The van der Waals surface area contributed by atoms with Crippen LogP contribution in [0.2, 0.25) is 5.02 Å². The molecular formula is C10H11ClN2O2. The number of halogens is 1. The van der Waals surface area contributed by atoms with E-state index in [0.717, 1.165) is 6.42 Å². The summed E-state index contributed by atoms with van der Waals surface area (Å²) in [6.07, 6.45) is 1.30. The van der Waals surface area contributed by atoms with E-state index in [4.69, 9.17) is 17.3 Å². The minimum absolute atomic E-state index is 0.00744. The molecule has 1 saturated heterocycles. The molecule has 4 nitrogen and oxygen atoms in total. The highest BCUT2D eigenvalue weighted by Crippen LogP contribution is 2.37. The second-order valence-electron chi connectivity index (χ2n) is 3.51. The number of benzene rings is 1. The van der Waals surface area contributed by atoms with Gasteiger partial charge in [0.1, 0.15) is 0 Å². The summed E-state index contributed by atoms with van der Waals surface area (Å²) in [5.41, 5.74) is 6.16. The molecule has 0 saturated carbocycles. The summed E-state index contributed by atoms with van der Waals surface area (Å²) in [4.78, 5) is 13.0. The number of aromatic hydroxyl groups is 1. The molecule has 1 aromatic rings. The first-order valence-corrected chi connectivity index (χ1v) is 5.06. The first-order chi connectivity index (χ1) is 7.09. The van der Waals surface area contributed by atoms with Gasteiger partial charge < -0.3 is 15.7 Å². The number of phenols is 1. The minimum Gasteiger partial charge on any atom is -0.504 e. The zero-order chi connectivity index (χ0) is 11.0. The summed E-state index contributed by atoms with van der Waals surface area (Å²) < 4.78 is 0. The predicted octanol–water partition coefficient (Wildman–Crippen LogP) is 1.75. The molecule has 1 aliphatic heterocycles. The average Bonchev–Trinajstić information content (AvgIpc) is 2.58. The van der Waals surface area contributed by atoms with Crippen molar-refractivity contribution in [2.75, 3.05) is 17.2 Å². The smallest absolute Gasteiger partial charge is 0.227 e. The zero-order valence-electron chi connectivity index (χ0n) is 8.03. The van der Waals surface area contributed by atoms with Crippen LogP contribution in [0.4, 0.5) is 11.4 Å². The van der Waals surface area contributed by atoms with E-state index < -0.39 is 0 Å². The van der Waals surface area contributed by atoms with Crippen LogP contribution in [0.1, 0.15) is 12.8 Å². The van der Waals surface area contributed by atoms with Crippen molar-refractivity contribution in [3.8, 4) is 5.75 Å². The molecule has 1 fully saturated rings. The highest BCUT2D eigenvalue weighted by atomic mass is 35.5. The van der Waals surface area contributed by atoms with Crippen LogP contribution in [0.5, 0.6) is 5.75 Å². The number of carbonyl (C=O) groups is 1. The Labute approximate surface area is 92.2 Å². The van der Waals surface area contributed by atoms with E-state index in [0.29, 0.717) is 23.7 Å². The molecule has 2 rings (SSSR count). The normalized spacial score (nSPS) is 16.1. The molecule has 1 heterocycles. The molecule has 1 aliphatic rings. The Kier molecular flexibility index (Phi) is 2.44. The molecule has 0 bridgehead atoms. The zero-order valence-corrected chi connectivity index (χ0v) is 8.79. The van der Waals surface area contributed by atoms with Gasteiger partial charge in [0.2, 0.25) is 5.91 Å². The quantitative estimate of drug-likeness (QED) is 0.566. The molecule has 0 aliphatic carbocycles. The van der Waals surface area contributed by atoms with Gasteiger partial charge in [0.05, 0.1) is 11.4 Å². The summed E-state index contributed by atoms with van der Waals surface area (Å²) in [7, 11) is 0. The Hall–Kier alpha value is -1.42. The minimum atomic E-state index is -0.0744. The second-order valence-corrected chi connectivity index (χ2v) is 3.95. The van der Waals surface area contributed by atoms with E-state index in [1.807, 2.05) is 0 Å². The van der Waals surface area contributed by atoms with Gasteiger partial charge in [-0.25, -0.2) is 0 Å². The van der Waals surface area contributed by atoms with Gasteiger partial charge in [-0.1, -0.05) is 11.6 Å². The highest BCUT2D eigenvalue weighted by Gasteiger charge is 2.25. The molecule has 0 aromatic heterocycles. The third kappa shape index (κ3) is 1.72. The lowest BCUT2D eigenvalue weighted by atomic mass is 10.2. The number of hydrogen-bond donors (Lipinski definition) is 2. The lowest BCUT2D eigenvalue weighted by Crippen LogP contribution is -2.23. The van der Waals surface area contributed by atoms with Crippen molar-refractivity contribution in [2.45, 2.75) is 12.8 Å². The maximum Gasteiger partial charge on any atom is 0.227 e. The molecular weight excluding hydrogens is 216 g/mol. The molecule has 0 radical (unpaired) electrons. The molecule has 0 unspecified atom stereocenters. The van der Waals surface area contributed by atoms with Gasteiger partial charge in [-0.3, -0.25) is 4.79 Å². The number of carbonyl (C=O) groups excluding carboxylic acids is 1. The van der Waals surface area contributed by atoms with Gasteiger partial charge >= 0.3 is 0 Å². The molecule has 0 atom stereocenters. The van der Waals surface area contributed by atoms with Crippen molar-refractivity contribution >= 4 is 28.9 Å². The number of nitrogens with two attached hydrogens (primary N) is 1. The fourth-order valence-electron chi connectivity index (χ4n) is 1.71. The van der Waals surface area contributed by atoms with Crippen molar-refractivity contribution in [1.82, 2.24) is 0 Å². The fourth-order valence-corrected chi connectivity index (χ4v) is 1.93. The summed E-state index contributed by atoms with van der Waals surface area (Å²) in [5.74, 6) is -0.0818. The molecule has 15 heavy (non-hydrogen) atoms. The second kappa shape index (κ2) is 3.62. The van der Waals surface area contributed by atoms with Crippen molar-refractivity contribution in [2.24, 2.45) is 0 Å². The molecule has 3 N–H and O–H groups in total. The maximum atomic E-state index is 11.5. The Morgan fingerprint density at radius 3 is 2.80 bits per heavy atom. The molecule has 1 aromatic carbocycles. The van der Waals surface area contributed by atoms with Gasteiger partial charge in [0.15, 0.2) is 5.75 Å². The number of hydrogen-bond acceptors (Lipinski definition) is 3. The van der Waals surface area contributed by atoms with Crippen LogP contribution in [-0.4, -0.2) is 17.6 Å². The lowest BCUT2D eigenvalue weighted by Gasteiger charge is -2.18. The molecule has 0 spiro atoms. The Morgan fingerprint density at radius 1 is 1.47 bits per heavy atom. The van der Waals surface area contributed by atoms with Crippen LogP contribution in [-0.2, 0) is 4.79 Å². The van der Waals surface area contributed by atoms with Gasteiger partial charge in [-0.15, -0.1) is 0 Å². The largest absolute Gasteiger partial charge is 0.504 e. The number of rotatable bonds is 1. The Morgan fingerprint density at radius 2 is 2.20 bits per heavy atom. The van der Waals surface area contributed by atoms with E-state index in [2.05, 4.69) is 0 Å². The molecule has 80 valence electrons. The third-order valence-corrected chi connectivity index (χ3v) is 2.67. The van der Waals surface area contributed by atoms with Crippen molar-refractivity contribution < 1.29 is 9.90 Å². The number of anilines is 2. The lowest BCUT2D eigenvalue weighted by molar-refractivity contribution is -0.117. The van der Waals surface area contributed by atoms with Gasteiger partial charge in [0.25, 0.3) is 0 Å². The standard InChI is InChI=1S/C10H11ClN2O2/c11-6-4-7(12)10(15)8(5-6)13-3-1-2-9(13)14/h4-5,15H,1-3,12H2. The van der Waals surface area contributed by atoms with E-state index in [1.54, 1.807) is 6.07 Å². The SMILES string of the molecule is Nc1cc(Cl)cc(N2CCCC2=O)c1O. The molecule has 5 heteroatoms. The first kappa shape index (κ1) is 10.1. The highest BCUT2D eigenvalue weighted by molar-refractivity contribution is 6.31. The summed E-state index contributed by atoms with van der Waals surface area (Å²) in [6, 6.07) is 3.01. The summed E-state index contributed by atoms with van der Waals surface area (Å²) in [6.45, 7) is 0.603. The molecule has 1 amide bonds. The maximum absolute atomic E-state index is 11.5. The Bertz CT molecular complexity index is 420. The van der Waals surface area contributed by atoms with Gasteiger partial charge in [0, 0.05) is 18.0 Å². The number of nitrogens with zero attached hydrogens (tertiary/aromatic N) is 1. The fraction of sp³-hybridized carbons (Fsp3) is 0.300. The van der Waals surface area contributed by atoms with Gasteiger partial charge in [-0.2, -0.15) is 0 Å². The number of amides is 1. The van der Waals surface area contributed by atoms with Crippen LogP contribution in [0, 0.1) is 0 Å². The van der Waals surface area contributed by atoms with Crippen LogP contribution in [0.25, 0.3) is 0 Å². The number of phenolic OH excluding ortho intramolecular Hbond substituents is 1. The van der Waals surface area contributed by atoms with E-state index in [9.17, 15) is 9.90 Å². The summed E-state index contributed by atoms with van der Waals surface area (Å²) >= 11 is 5.82. The van der Waals surface area contributed by atoms with Crippen molar-refractivity contribution in [1.29, 1.82) is 0 Å². The van der Waals surface area contributed by atoms with E-state index in [-0.39, 0.29) is 17.3 Å². The monoisotopic (exact) mass is 226 g/mol. The van der Waals surface area contributed by atoms with Gasteiger partial charge in [-0.05, 0) is 18.6 Å². The van der Waals surface area contributed by atoms with Crippen LogP contribution >= 0.6 is 11.6 Å². The van der Waals surface area contributed by atoms with E-state index in [1.165, 1.54) is 11.0 Å². The van der Waals surface area contributed by atoms with Crippen LogP contribution in [0.15, 0.2) is 12.1 Å². The predicted molar refractivity (Wildman–Crippen MR) is 59.1 cm³/mol. The van der Waals surface area contributed by atoms with Crippen LogP contribution in [0.3, 0.4) is 0 Å². The Balaban J connectivity index is 2.47. The van der Waals surface area contributed by atoms with Crippen molar-refractivity contribution in [3.63, 3.8) is 0 Å². The van der Waals surface area contributed by atoms with Crippen LogP contribution < -0.4 is 10.6 Å².